The maximum atomic E-state index is 12.9. The predicted molar refractivity (Wildman–Crippen MR) is 119 cm³/mol. The van der Waals surface area contributed by atoms with Gasteiger partial charge in [0.15, 0.2) is 11.5 Å². The van der Waals surface area contributed by atoms with Crippen molar-refractivity contribution in [3.8, 4) is 11.5 Å². The number of benzene rings is 1. The lowest BCUT2D eigenvalue weighted by molar-refractivity contribution is 0.0846. The number of ether oxygens (including phenoxy) is 2. The largest absolute Gasteiger partial charge is 0.485 e. The topological polar surface area (TPSA) is 93.8 Å². The third-order valence-electron chi connectivity index (χ3n) is 6.38. The first-order valence-electron chi connectivity index (χ1n) is 11.3. The van der Waals surface area contributed by atoms with Gasteiger partial charge in [0.1, 0.15) is 18.2 Å². The number of halogens is 1. The number of hydrogen-bond donors (Lipinski definition) is 3. The van der Waals surface area contributed by atoms with Crippen LogP contribution in [0.1, 0.15) is 75.1 Å². The minimum Gasteiger partial charge on any atom is -0.485 e. The lowest BCUT2D eigenvalue weighted by Crippen LogP contribution is -2.35. The number of nitrogens with one attached hydrogen (secondary N) is 1. The SMILES string of the molecule is CCCCCCC1CCC(O)C(CNC(=O)c2cc(N)c(Cl)c3c2OCCO3)CC1. The number of aliphatic hydroxyl groups excluding tert-OH is 1. The second kappa shape index (κ2) is 11.1. The van der Waals surface area contributed by atoms with Gasteiger partial charge < -0.3 is 25.6 Å². The van der Waals surface area contributed by atoms with E-state index in [9.17, 15) is 9.90 Å². The first-order chi connectivity index (χ1) is 14.5. The van der Waals surface area contributed by atoms with Crippen LogP contribution >= 0.6 is 11.6 Å². The maximum Gasteiger partial charge on any atom is 0.255 e. The minimum atomic E-state index is -0.380. The van der Waals surface area contributed by atoms with Crippen LogP contribution in [-0.2, 0) is 0 Å². The number of unbranched alkanes of at least 4 members (excludes halogenated alkanes) is 3. The fourth-order valence-corrected chi connectivity index (χ4v) is 4.70. The van der Waals surface area contributed by atoms with Crippen LogP contribution in [0.15, 0.2) is 6.07 Å². The van der Waals surface area contributed by atoms with Gasteiger partial charge in [0.25, 0.3) is 5.91 Å². The summed E-state index contributed by atoms with van der Waals surface area (Å²) < 4.78 is 11.2. The molecule has 1 aromatic rings. The zero-order valence-corrected chi connectivity index (χ0v) is 18.7. The number of carbonyl (C=O) groups is 1. The van der Waals surface area contributed by atoms with Gasteiger partial charge in [0, 0.05) is 12.5 Å². The Morgan fingerprint density at radius 3 is 2.67 bits per heavy atom. The Labute approximate surface area is 184 Å². The molecule has 7 heteroatoms. The van der Waals surface area contributed by atoms with Crippen LogP contribution in [0.25, 0.3) is 0 Å². The van der Waals surface area contributed by atoms with Crippen molar-refractivity contribution < 1.29 is 19.4 Å². The van der Waals surface area contributed by atoms with Gasteiger partial charge >= 0.3 is 0 Å². The molecule has 1 aromatic carbocycles. The summed E-state index contributed by atoms with van der Waals surface area (Å²) in [5.41, 5.74) is 6.56. The van der Waals surface area contributed by atoms with Crippen LogP contribution in [0.2, 0.25) is 5.02 Å². The highest BCUT2D eigenvalue weighted by atomic mass is 35.5. The van der Waals surface area contributed by atoms with E-state index >= 15 is 0 Å². The Hall–Kier alpha value is -1.66. The molecule has 3 rings (SSSR count). The molecule has 3 atom stereocenters. The molecular formula is C23H35ClN2O4. The molecule has 1 amide bonds. The van der Waals surface area contributed by atoms with Crippen molar-refractivity contribution in [2.75, 3.05) is 25.5 Å². The average molecular weight is 439 g/mol. The van der Waals surface area contributed by atoms with Gasteiger partial charge in [0.2, 0.25) is 0 Å². The zero-order valence-electron chi connectivity index (χ0n) is 17.9. The van der Waals surface area contributed by atoms with Gasteiger partial charge in [-0.15, -0.1) is 0 Å². The first-order valence-corrected chi connectivity index (χ1v) is 11.7. The molecule has 1 aliphatic carbocycles. The van der Waals surface area contributed by atoms with E-state index in [2.05, 4.69) is 12.2 Å². The molecule has 168 valence electrons. The third kappa shape index (κ3) is 5.73. The van der Waals surface area contributed by atoms with Crippen LogP contribution in [0, 0.1) is 11.8 Å². The maximum absolute atomic E-state index is 12.9. The van der Waals surface area contributed by atoms with Crippen molar-refractivity contribution in [2.24, 2.45) is 11.8 Å². The van der Waals surface area contributed by atoms with Crippen molar-refractivity contribution in [3.05, 3.63) is 16.7 Å². The molecule has 0 spiro atoms. The van der Waals surface area contributed by atoms with Crippen molar-refractivity contribution >= 4 is 23.2 Å². The monoisotopic (exact) mass is 438 g/mol. The first kappa shape index (κ1) is 23.0. The molecule has 1 aliphatic heterocycles. The molecule has 6 nitrogen and oxygen atoms in total. The highest BCUT2D eigenvalue weighted by molar-refractivity contribution is 6.35. The summed E-state index contributed by atoms with van der Waals surface area (Å²) in [6.45, 7) is 3.38. The van der Waals surface area contributed by atoms with Crippen LogP contribution in [-0.4, -0.2) is 36.9 Å². The molecular weight excluding hydrogens is 404 g/mol. The molecule has 30 heavy (non-hydrogen) atoms. The normalized spacial score (nSPS) is 23.6. The molecule has 1 heterocycles. The predicted octanol–water partition coefficient (Wildman–Crippen LogP) is 4.56. The number of nitrogens with two attached hydrogens (primary N) is 1. The van der Waals surface area contributed by atoms with E-state index in [1.807, 2.05) is 0 Å². The van der Waals surface area contributed by atoms with Gasteiger partial charge in [-0.2, -0.15) is 0 Å². The lowest BCUT2D eigenvalue weighted by atomic mass is 9.93. The Bertz CT molecular complexity index is 728. The van der Waals surface area contributed by atoms with Crippen molar-refractivity contribution in [1.82, 2.24) is 5.32 Å². The summed E-state index contributed by atoms with van der Waals surface area (Å²) in [5.74, 6) is 1.13. The van der Waals surface area contributed by atoms with E-state index in [1.165, 1.54) is 38.2 Å². The number of aliphatic hydroxyl groups is 1. The van der Waals surface area contributed by atoms with Gasteiger partial charge in [-0.25, -0.2) is 0 Å². The fourth-order valence-electron chi connectivity index (χ4n) is 4.50. The summed E-state index contributed by atoms with van der Waals surface area (Å²) in [5, 5.41) is 13.8. The van der Waals surface area contributed by atoms with Crippen molar-refractivity contribution in [3.63, 3.8) is 0 Å². The summed E-state index contributed by atoms with van der Waals surface area (Å²) in [7, 11) is 0. The van der Waals surface area contributed by atoms with Crippen LogP contribution in [0.4, 0.5) is 5.69 Å². The highest BCUT2D eigenvalue weighted by Gasteiger charge is 2.28. The number of amides is 1. The van der Waals surface area contributed by atoms with Crippen LogP contribution in [0.3, 0.4) is 0 Å². The van der Waals surface area contributed by atoms with Crippen molar-refractivity contribution in [2.45, 2.75) is 70.8 Å². The van der Waals surface area contributed by atoms with Gasteiger partial charge in [-0.3, -0.25) is 4.79 Å². The van der Waals surface area contributed by atoms with E-state index < -0.39 is 0 Å². The lowest BCUT2D eigenvalue weighted by Gasteiger charge is -2.24. The molecule has 0 bridgehead atoms. The van der Waals surface area contributed by atoms with Gasteiger partial charge in [-0.1, -0.05) is 57.0 Å². The third-order valence-corrected chi connectivity index (χ3v) is 6.77. The van der Waals surface area contributed by atoms with E-state index in [-0.39, 0.29) is 28.6 Å². The van der Waals surface area contributed by atoms with Crippen LogP contribution in [0.5, 0.6) is 11.5 Å². The summed E-state index contributed by atoms with van der Waals surface area (Å²) in [4.78, 5) is 12.9. The molecule has 0 radical (unpaired) electrons. The molecule has 1 saturated carbocycles. The Kier molecular flexibility index (Phi) is 8.51. The second-order valence-corrected chi connectivity index (χ2v) is 8.97. The van der Waals surface area contributed by atoms with E-state index in [0.29, 0.717) is 42.7 Å². The number of fused-ring (bicyclic) bond motifs is 1. The van der Waals surface area contributed by atoms with Gasteiger partial charge in [-0.05, 0) is 31.2 Å². The molecule has 3 unspecified atom stereocenters. The van der Waals surface area contributed by atoms with Crippen LogP contribution < -0.4 is 20.5 Å². The number of anilines is 1. The summed E-state index contributed by atoms with van der Waals surface area (Å²) in [6.07, 6.45) is 9.93. The number of nitrogen functional groups attached to an aromatic ring is 1. The highest BCUT2D eigenvalue weighted by Crippen LogP contribution is 2.43. The fraction of sp³-hybridized carbons (Fsp3) is 0.696. The number of carbonyl (C=O) groups excluding carboxylic acids is 1. The van der Waals surface area contributed by atoms with Crippen molar-refractivity contribution in [1.29, 1.82) is 0 Å². The zero-order chi connectivity index (χ0) is 21.5. The average Bonchev–Trinajstić information content (AvgIpc) is 2.93. The summed E-state index contributed by atoms with van der Waals surface area (Å²) >= 11 is 6.20. The second-order valence-electron chi connectivity index (χ2n) is 8.59. The molecule has 4 N–H and O–H groups in total. The van der Waals surface area contributed by atoms with E-state index in [1.54, 1.807) is 0 Å². The Morgan fingerprint density at radius 2 is 1.90 bits per heavy atom. The molecule has 0 saturated heterocycles. The van der Waals surface area contributed by atoms with Gasteiger partial charge in [0.05, 0.1) is 17.4 Å². The molecule has 0 aromatic heterocycles. The minimum absolute atomic E-state index is 0.0623. The number of hydrogen-bond acceptors (Lipinski definition) is 5. The van der Waals surface area contributed by atoms with E-state index in [0.717, 1.165) is 25.7 Å². The standard InChI is InChI=1S/C23H35ClN2O4/c1-2-3-4-5-6-15-7-9-16(19(27)10-8-15)14-26-23(28)17-13-18(25)20(24)22-21(17)29-11-12-30-22/h13,15-16,19,27H,2-12,14,25H2,1H3,(H,26,28). The molecule has 1 fully saturated rings. The Morgan fingerprint density at radius 1 is 1.17 bits per heavy atom. The molecule has 2 aliphatic rings. The van der Waals surface area contributed by atoms with E-state index in [4.69, 9.17) is 26.8 Å². The Balaban J connectivity index is 1.56. The number of rotatable bonds is 8. The smallest absolute Gasteiger partial charge is 0.255 e. The quantitative estimate of drug-likeness (QED) is 0.314. The summed E-state index contributed by atoms with van der Waals surface area (Å²) in [6, 6.07) is 1.53.